The lowest BCUT2D eigenvalue weighted by Crippen LogP contribution is -2.50. The van der Waals surface area contributed by atoms with Crippen molar-refractivity contribution in [1.82, 2.24) is 25.8 Å². The molecule has 0 spiro atoms. The molecule has 0 unspecified atom stereocenters. The maximum Gasteiger partial charge on any atom is 0.573 e. The van der Waals surface area contributed by atoms with Crippen LogP contribution in [0.2, 0.25) is 0 Å². The molecule has 2 atom stereocenters. The standard InChI is InChI=1S/C16H14F6N6O2/c17-15(18,19)13(9-1-3-10(4-2-9)30-16(20,21)22)27-11(14(29)24-6-5-23)7-12-25-8-26-28-12/h1-4,8,11,13,27H,6-7H2,(H,24,29)(H,25,26,28)/t11-,13-/m0/s1. The molecule has 0 aliphatic heterocycles. The van der Waals surface area contributed by atoms with E-state index >= 15 is 0 Å². The van der Waals surface area contributed by atoms with E-state index < -0.39 is 48.4 Å². The number of carbonyl (C=O) groups is 1. The zero-order chi connectivity index (χ0) is 22.4. The number of hydrogen-bond donors (Lipinski definition) is 3. The third-order valence-corrected chi connectivity index (χ3v) is 3.66. The predicted molar refractivity (Wildman–Crippen MR) is 87.6 cm³/mol. The molecule has 1 amide bonds. The van der Waals surface area contributed by atoms with Crippen molar-refractivity contribution in [2.75, 3.05) is 6.54 Å². The number of rotatable bonds is 8. The van der Waals surface area contributed by atoms with Crippen molar-refractivity contribution in [2.45, 2.75) is 31.0 Å². The van der Waals surface area contributed by atoms with Crippen LogP contribution >= 0.6 is 0 Å². The molecule has 8 nitrogen and oxygen atoms in total. The number of benzene rings is 1. The molecule has 3 N–H and O–H groups in total. The summed E-state index contributed by atoms with van der Waals surface area (Å²) in [5.74, 6) is -1.49. The number of carbonyl (C=O) groups excluding carboxylic acids is 1. The van der Waals surface area contributed by atoms with Crippen LogP contribution in [0.25, 0.3) is 0 Å². The fourth-order valence-electron chi connectivity index (χ4n) is 2.44. The molecule has 0 fully saturated rings. The highest BCUT2D eigenvalue weighted by Crippen LogP contribution is 2.34. The minimum atomic E-state index is -5.00. The molecule has 14 heteroatoms. The number of H-pyrrole nitrogens is 1. The van der Waals surface area contributed by atoms with Crippen molar-refractivity contribution in [3.8, 4) is 11.8 Å². The molecule has 162 valence electrons. The quantitative estimate of drug-likeness (QED) is 0.432. The van der Waals surface area contributed by atoms with Crippen molar-refractivity contribution < 1.29 is 35.9 Å². The lowest BCUT2D eigenvalue weighted by Gasteiger charge is -2.27. The monoisotopic (exact) mass is 436 g/mol. The van der Waals surface area contributed by atoms with E-state index in [1.807, 2.05) is 0 Å². The van der Waals surface area contributed by atoms with Crippen molar-refractivity contribution in [3.05, 3.63) is 42.0 Å². The molecule has 2 aromatic rings. The summed E-state index contributed by atoms with van der Waals surface area (Å²) in [4.78, 5) is 16.0. The van der Waals surface area contributed by atoms with E-state index in [2.05, 4.69) is 30.6 Å². The van der Waals surface area contributed by atoms with E-state index in [-0.39, 0.29) is 12.2 Å². The van der Waals surface area contributed by atoms with Crippen LogP contribution in [-0.4, -0.2) is 46.2 Å². The van der Waals surface area contributed by atoms with Gasteiger partial charge in [-0.05, 0) is 17.7 Å². The van der Waals surface area contributed by atoms with Crippen LogP contribution in [0.4, 0.5) is 26.3 Å². The second-order valence-electron chi connectivity index (χ2n) is 5.82. The predicted octanol–water partition coefficient (Wildman–Crippen LogP) is 2.15. The fourth-order valence-corrected chi connectivity index (χ4v) is 2.44. The first kappa shape index (κ1) is 22.9. The molecule has 0 aliphatic carbocycles. The number of amides is 1. The zero-order valence-corrected chi connectivity index (χ0v) is 14.9. The van der Waals surface area contributed by atoms with Gasteiger partial charge in [-0.2, -0.15) is 23.5 Å². The second kappa shape index (κ2) is 9.44. The number of nitriles is 1. The van der Waals surface area contributed by atoms with Gasteiger partial charge in [0.25, 0.3) is 0 Å². The lowest BCUT2D eigenvalue weighted by molar-refractivity contribution is -0.274. The average molecular weight is 436 g/mol. The van der Waals surface area contributed by atoms with Gasteiger partial charge in [0.1, 0.15) is 30.5 Å². The van der Waals surface area contributed by atoms with Crippen molar-refractivity contribution >= 4 is 5.91 Å². The summed E-state index contributed by atoms with van der Waals surface area (Å²) in [6.07, 6.45) is -9.12. The zero-order valence-electron chi connectivity index (χ0n) is 14.9. The first-order chi connectivity index (χ1) is 14.0. The van der Waals surface area contributed by atoms with Crippen LogP contribution < -0.4 is 15.4 Å². The van der Waals surface area contributed by atoms with Gasteiger partial charge in [0.2, 0.25) is 5.91 Å². The maximum absolute atomic E-state index is 13.6. The van der Waals surface area contributed by atoms with Crippen LogP contribution in [0.5, 0.6) is 5.75 Å². The SMILES string of the molecule is N#CCNC(=O)[C@H](Cc1ncn[nH]1)N[C@@H](c1ccc(OC(F)(F)F)cc1)C(F)(F)F. The molecular formula is C16H14F6N6O2. The molecule has 2 rings (SSSR count). The highest BCUT2D eigenvalue weighted by atomic mass is 19.4. The Morgan fingerprint density at radius 1 is 1.20 bits per heavy atom. The summed E-state index contributed by atoms with van der Waals surface area (Å²) in [5, 5.41) is 18.8. The molecule has 30 heavy (non-hydrogen) atoms. The number of nitrogens with one attached hydrogen (secondary N) is 3. The fraction of sp³-hybridized carbons (Fsp3) is 0.375. The molecule has 0 aliphatic rings. The van der Waals surface area contributed by atoms with Crippen LogP contribution in [0.1, 0.15) is 17.4 Å². The molecule has 1 heterocycles. The van der Waals surface area contributed by atoms with Gasteiger partial charge in [0, 0.05) is 6.42 Å². The van der Waals surface area contributed by atoms with Gasteiger partial charge < -0.3 is 10.1 Å². The first-order valence-electron chi connectivity index (χ1n) is 8.17. The van der Waals surface area contributed by atoms with Crippen LogP contribution in [0, 0.1) is 11.3 Å². The summed E-state index contributed by atoms with van der Waals surface area (Å²) in [5.41, 5.74) is -0.451. The number of aromatic nitrogens is 3. The number of ether oxygens (including phenoxy) is 1. The van der Waals surface area contributed by atoms with E-state index in [1.54, 1.807) is 6.07 Å². The van der Waals surface area contributed by atoms with Crippen LogP contribution in [0.3, 0.4) is 0 Å². The third kappa shape index (κ3) is 6.92. The average Bonchev–Trinajstić information content (AvgIpc) is 3.15. The summed E-state index contributed by atoms with van der Waals surface area (Å²) in [6.45, 7) is -0.437. The Balaban J connectivity index is 2.27. The molecule has 0 bridgehead atoms. The number of aromatic amines is 1. The van der Waals surface area contributed by atoms with E-state index in [1.165, 1.54) is 0 Å². The number of nitrogens with zero attached hydrogens (tertiary/aromatic N) is 3. The van der Waals surface area contributed by atoms with Crippen molar-refractivity contribution in [3.63, 3.8) is 0 Å². The molecular weight excluding hydrogens is 422 g/mol. The largest absolute Gasteiger partial charge is 0.573 e. The van der Waals surface area contributed by atoms with Gasteiger partial charge >= 0.3 is 12.5 Å². The Morgan fingerprint density at radius 3 is 2.37 bits per heavy atom. The van der Waals surface area contributed by atoms with Crippen molar-refractivity contribution in [1.29, 1.82) is 5.26 Å². The van der Waals surface area contributed by atoms with Crippen molar-refractivity contribution in [2.24, 2.45) is 0 Å². The summed E-state index contributed by atoms with van der Waals surface area (Å²) >= 11 is 0. The van der Waals surface area contributed by atoms with E-state index in [0.29, 0.717) is 0 Å². The first-order valence-corrected chi connectivity index (χ1v) is 8.17. The number of hydrogen-bond acceptors (Lipinski definition) is 6. The van der Waals surface area contributed by atoms with Gasteiger partial charge in [0.15, 0.2) is 0 Å². The normalized spacial score (nSPS) is 13.9. The molecule has 0 saturated heterocycles. The molecule has 0 radical (unpaired) electrons. The van der Waals surface area contributed by atoms with Gasteiger partial charge in [-0.3, -0.25) is 15.2 Å². The van der Waals surface area contributed by atoms with E-state index in [4.69, 9.17) is 5.26 Å². The summed E-state index contributed by atoms with van der Waals surface area (Å²) in [7, 11) is 0. The van der Waals surface area contributed by atoms with Gasteiger partial charge in [-0.25, -0.2) is 4.98 Å². The molecule has 1 aromatic carbocycles. The maximum atomic E-state index is 13.6. The van der Waals surface area contributed by atoms with Gasteiger partial charge in [-0.1, -0.05) is 12.1 Å². The van der Waals surface area contributed by atoms with E-state index in [9.17, 15) is 31.1 Å². The molecule has 0 saturated carbocycles. The Kier molecular flexibility index (Phi) is 7.22. The summed E-state index contributed by atoms with van der Waals surface area (Å²) < 4.78 is 81.3. The third-order valence-electron chi connectivity index (χ3n) is 3.66. The lowest BCUT2D eigenvalue weighted by atomic mass is 10.0. The number of halogens is 6. The van der Waals surface area contributed by atoms with Gasteiger partial charge in [0.05, 0.1) is 12.1 Å². The second-order valence-corrected chi connectivity index (χ2v) is 5.82. The topological polar surface area (TPSA) is 116 Å². The highest BCUT2D eigenvalue weighted by Gasteiger charge is 2.43. The van der Waals surface area contributed by atoms with Crippen LogP contribution in [-0.2, 0) is 11.2 Å². The minimum absolute atomic E-state index is 0.106. The van der Waals surface area contributed by atoms with Gasteiger partial charge in [-0.15, -0.1) is 13.2 Å². The minimum Gasteiger partial charge on any atom is -0.406 e. The molecule has 1 aromatic heterocycles. The number of alkyl halides is 6. The smallest absolute Gasteiger partial charge is 0.406 e. The van der Waals surface area contributed by atoms with E-state index in [0.717, 1.165) is 30.6 Å². The van der Waals surface area contributed by atoms with Crippen LogP contribution in [0.15, 0.2) is 30.6 Å². The highest BCUT2D eigenvalue weighted by molar-refractivity contribution is 5.82. The summed E-state index contributed by atoms with van der Waals surface area (Å²) in [6, 6.07) is 0.788. The Hall–Kier alpha value is -3.34. The Bertz CT molecular complexity index is 860. The Labute approximate surface area is 165 Å². The Morgan fingerprint density at radius 2 is 1.87 bits per heavy atom.